The molecule has 2 aromatic heterocycles. The highest BCUT2D eigenvalue weighted by molar-refractivity contribution is 5.90. The Morgan fingerprint density at radius 2 is 1.88 bits per heavy atom. The van der Waals surface area contributed by atoms with Crippen LogP contribution in [-0.4, -0.2) is 27.1 Å². The first-order chi connectivity index (χ1) is 11.8. The van der Waals surface area contributed by atoms with Crippen LogP contribution in [0.15, 0.2) is 59.7 Å². The maximum absolute atomic E-state index is 12.0. The molecule has 24 heavy (non-hydrogen) atoms. The summed E-state index contributed by atoms with van der Waals surface area (Å²) in [5.74, 6) is 0.399. The molecule has 0 bridgehead atoms. The Bertz CT molecular complexity index is 978. The normalized spacial score (nSPS) is 11.5. The van der Waals surface area contributed by atoms with E-state index >= 15 is 0 Å². The highest BCUT2D eigenvalue weighted by Gasteiger charge is 2.07. The van der Waals surface area contributed by atoms with Crippen LogP contribution < -0.4 is 5.43 Å². The smallest absolute Gasteiger partial charge is 0.247 e. The fraction of sp³-hybridized carbons (Fsp3) is 0.0556. The number of nitrogens with one attached hydrogen (secondary N) is 3. The minimum Gasteiger partial charge on any atom is -0.354 e. The van der Waals surface area contributed by atoms with Gasteiger partial charge in [-0.05, 0) is 24.3 Å². The van der Waals surface area contributed by atoms with Crippen molar-refractivity contribution in [3.8, 4) is 0 Å². The van der Waals surface area contributed by atoms with Gasteiger partial charge in [0, 0.05) is 10.9 Å². The van der Waals surface area contributed by atoms with Gasteiger partial charge < -0.3 is 9.97 Å². The van der Waals surface area contributed by atoms with Crippen molar-refractivity contribution in [2.75, 3.05) is 0 Å². The van der Waals surface area contributed by atoms with Crippen LogP contribution in [0.25, 0.3) is 21.9 Å². The molecule has 0 spiro atoms. The lowest BCUT2D eigenvalue weighted by Gasteiger charge is -1.96. The summed E-state index contributed by atoms with van der Waals surface area (Å²) in [4.78, 5) is 22.7. The largest absolute Gasteiger partial charge is 0.354 e. The van der Waals surface area contributed by atoms with E-state index in [4.69, 9.17) is 0 Å². The lowest BCUT2D eigenvalue weighted by Crippen LogP contribution is -2.20. The van der Waals surface area contributed by atoms with Crippen molar-refractivity contribution in [3.63, 3.8) is 0 Å². The van der Waals surface area contributed by atoms with Crippen molar-refractivity contribution in [1.29, 1.82) is 0 Å². The summed E-state index contributed by atoms with van der Waals surface area (Å²) in [7, 11) is 0. The van der Waals surface area contributed by atoms with Gasteiger partial charge in [0.05, 0.1) is 29.4 Å². The first-order valence-corrected chi connectivity index (χ1v) is 7.61. The molecule has 2 heterocycles. The standard InChI is InChI=1S/C18H15N5O/c24-18(10-17-21-15-7-3-4-8-16(15)22-17)23-19-11-13-9-12-5-1-2-6-14(12)20-13/h1-9,11,20H,10H2,(H,21,22)(H,23,24)/b19-11+. The summed E-state index contributed by atoms with van der Waals surface area (Å²) >= 11 is 0. The SMILES string of the molecule is O=C(Cc1nc2ccccc2[nH]1)N/N=C/c1cc2ccccc2[nH]1. The van der Waals surface area contributed by atoms with Gasteiger partial charge in [0.1, 0.15) is 5.82 Å². The number of hydrogen-bond donors (Lipinski definition) is 3. The number of carbonyl (C=O) groups is 1. The number of amides is 1. The second kappa shape index (κ2) is 6.00. The van der Waals surface area contributed by atoms with Crippen LogP contribution in [0.2, 0.25) is 0 Å². The van der Waals surface area contributed by atoms with E-state index < -0.39 is 0 Å². The quantitative estimate of drug-likeness (QED) is 0.399. The van der Waals surface area contributed by atoms with Gasteiger partial charge in [-0.15, -0.1) is 0 Å². The van der Waals surface area contributed by atoms with Gasteiger partial charge in [0.2, 0.25) is 5.91 Å². The lowest BCUT2D eigenvalue weighted by molar-refractivity contribution is -0.120. The topological polar surface area (TPSA) is 85.9 Å². The maximum Gasteiger partial charge on any atom is 0.247 e. The fourth-order valence-corrected chi connectivity index (χ4v) is 2.62. The molecular weight excluding hydrogens is 302 g/mol. The summed E-state index contributed by atoms with van der Waals surface area (Å²) in [6.45, 7) is 0. The van der Waals surface area contributed by atoms with Crippen LogP contribution in [0.4, 0.5) is 0 Å². The molecule has 118 valence electrons. The third kappa shape index (κ3) is 2.89. The maximum atomic E-state index is 12.0. The average molecular weight is 317 g/mol. The van der Waals surface area contributed by atoms with Gasteiger partial charge in [-0.2, -0.15) is 5.10 Å². The molecule has 0 aliphatic heterocycles. The Balaban J connectivity index is 1.40. The van der Waals surface area contributed by atoms with Crippen molar-refractivity contribution in [1.82, 2.24) is 20.4 Å². The van der Waals surface area contributed by atoms with Crippen LogP contribution in [0.5, 0.6) is 0 Å². The molecule has 0 unspecified atom stereocenters. The zero-order valence-corrected chi connectivity index (χ0v) is 12.8. The van der Waals surface area contributed by atoms with Crippen molar-refractivity contribution in [3.05, 3.63) is 66.1 Å². The number of aromatic nitrogens is 3. The molecule has 0 saturated heterocycles. The molecule has 0 aliphatic rings. The summed E-state index contributed by atoms with van der Waals surface area (Å²) in [6.07, 6.45) is 1.75. The zero-order chi connectivity index (χ0) is 16.4. The number of imidazole rings is 1. The third-order valence-corrected chi connectivity index (χ3v) is 3.71. The molecule has 1 amide bonds. The van der Waals surface area contributed by atoms with Gasteiger partial charge in [-0.1, -0.05) is 30.3 Å². The van der Waals surface area contributed by atoms with Crippen LogP contribution in [0, 0.1) is 0 Å². The van der Waals surface area contributed by atoms with Gasteiger partial charge in [-0.3, -0.25) is 4.79 Å². The molecule has 6 nitrogen and oxygen atoms in total. The van der Waals surface area contributed by atoms with E-state index in [1.807, 2.05) is 54.6 Å². The second-order valence-electron chi connectivity index (χ2n) is 5.48. The van der Waals surface area contributed by atoms with E-state index in [0.717, 1.165) is 27.6 Å². The molecule has 0 aliphatic carbocycles. The van der Waals surface area contributed by atoms with Crippen molar-refractivity contribution >= 4 is 34.1 Å². The second-order valence-corrected chi connectivity index (χ2v) is 5.48. The lowest BCUT2D eigenvalue weighted by atomic mass is 10.2. The van der Waals surface area contributed by atoms with E-state index in [9.17, 15) is 4.79 Å². The number of hydrogen-bond acceptors (Lipinski definition) is 3. The number of carbonyl (C=O) groups excluding carboxylic acids is 1. The number of hydrazone groups is 1. The third-order valence-electron chi connectivity index (χ3n) is 3.71. The molecule has 4 rings (SSSR count). The Hall–Kier alpha value is -3.41. The number of aromatic amines is 2. The Morgan fingerprint density at radius 3 is 2.71 bits per heavy atom. The predicted octanol–water partition coefficient (Wildman–Crippen LogP) is 2.74. The summed E-state index contributed by atoms with van der Waals surface area (Å²) in [5, 5.41) is 5.09. The first kappa shape index (κ1) is 14.2. The molecule has 0 radical (unpaired) electrons. The Kier molecular flexibility index (Phi) is 3.55. The van der Waals surface area contributed by atoms with Crippen molar-refractivity contribution < 1.29 is 4.79 Å². The molecular formula is C18H15N5O. The molecule has 0 atom stereocenters. The summed E-state index contributed by atoms with van der Waals surface area (Å²) in [5.41, 5.74) is 6.15. The molecule has 4 aromatic rings. The van der Waals surface area contributed by atoms with Crippen LogP contribution in [0.1, 0.15) is 11.5 Å². The van der Waals surface area contributed by atoms with E-state index in [0.29, 0.717) is 5.82 Å². The van der Waals surface area contributed by atoms with Crippen LogP contribution >= 0.6 is 0 Å². The Morgan fingerprint density at radius 1 is 1.08 bits per heavy atom. The first-order valence-electron chi connectivity index (χ1n) is 7.61. The number of benzene rings is 2. The van der Waals surface area contributed by atoms with E-state index in [1.54, 1.807) is 6.21 Å². The van der Waals surface area contributed by atoms with Gasteiger partial charge in [0.15, 0.2) is 0 Å². The molecule has 0 saturated carbocycles. The van der Waals surface area contributed by atoms with Crippen LogP contribution in [-0.2, 0) is 11.2 Å². The monoisotopic (exact) mass is 317 g/mol. The number of rotatable bonds is 4. The summed E-state index contributed by atoms with van der Waals surface area (Å²) < 4.78 is 0. The van der Waals surface area contributed by atoms with Crippen molar-refractivity contribution in [2.45, 2.75) is 6.42 Å². The van der Waals surface area contributed by atoms with E-state index in [2.05, 4.69) is 25.5 Å². The Labute approximate surface area is 137 Å². The summed E-state index contributed by atoms with van der Waals surface area (Å²) in [6, 6.07) is 17.6. The minimum absolute atomic E-state index is 0.152. The van der Waals surface area contributed by atoms with Gasteiger partial charge in [-0.25, -0.2) is 10.4 Å². The van der Waals surface area contributed by atoms with Crippen LogP contribution in [0.3, 0.4) is 0 Å². The number of fused-ring (bicyclic) bond motifs is 2. The average Bonchev–Trinajstić information content (AvgIpc) is 3.17. The van der Waals surface area contributed by atoms with E-state index in [1.165, 1.54) is 0 Å². The fourth-order valence-electron chi connectivity index (χ4n) is 2.62. The van der Waals surface area contributed by atoms with E-state index in [-0.39, 0.29) is 12.3 Å². The number of para-hydroxylation sites is 3. The minimum atomic E-state index is -0.221. The molecule has 0 fully saturated rings. The highest BCUT2D eigenvalue weighted by atomic mass is 16.2. The van der Waals surface area contributed by atoms with Gasteiger partial charge in [0.25, 0.3) is 0 Å². The molecule has 2 aromatic carbocycles. The number of H-pyrrole nitrogens is 2. The number of nitrogens with zero attached hydrogens (tertiary/aromatic N) is 2. The highest BCUT2D eigenvalue weighted by Crippen LogP contribution is 2.13. The van der Waals surface area contributed by atoms with Gasteiger partial charge >= 0.3 is 0 Å². The zero-order valence-electron chi connectivity index (χ0n) is 12.8. The van der Waals surface area contributed by atoms with Crippen molar-refractivity contribution in [2.24, 2.45) is 5.10 Å². The molecule has 6 heteroatoms. The molecule has 3 N–H and O–H groups in total. The predicted molar refractivity (Wildman–Crippen MR) is 93.8 cm³/mol.